The lowest BCUT2D eigenvalue weighted by molar-refractivity contribution is -0.137. The number of pyridine rings is 1. The van der Waals surface area contributed by atoms with Crippen molar-refractivity contribution in [1.29, 1.82) is 0 Å². The molecule has 0 aromatic carbocycles. The van der Waals surface area contributed by atoms with Gasteiger partial charge in [0.15, 0.2) is 0 Å². The van der Waals surface area contributed by atoms with Gasteiger partial charge in [-0.2, -0.15) is 13.2 Å². The van der Waals surface area contributed by atoms with Crippen molar-refractivity contribution < 1.29 is 27.9 Å². The Kier molecular flexibility index (Phi) is 7.90. The predicted octanol–water partition coefficient (Wildman–Crippen LogP) is 3.70. The smallest absolute Gasteiger partial charge is 0.393 e. The Bertz CT molecular complexity index is 1300. The molecule has 2 amide bonds. The second-order valence-corrected chi connectivity index (χ2v) is 9.71. The zero-order chi connectivity index (χ0) is 26.7. The minimum atomic E-state index is -4.70. The molecule has 0 radical (unpaired) electrons. The third-order valence-electron chi connectivity index (χ3n) is 5.54. The van der Waals surface area contributed by atoms with E-state index in [1.54, 1.807) is 13.0 Å². The van der Waals surface area contributed by atoms with Gasteiger partial charge in [0.2, 0.25) is 0 Å². The van der Waals surface area contributed by atoms with Gasteiger partial charge in [0.1, 0.15) is 33.5 Å². The number of halogens is 4. The van der Waals surface area contributed by atoms with Gasteiger partial charge in [0, 0.05) is 25.4 Å². The quantitative estimate of drug-likeness (QED) is 0.419. The summed E-state index contributed by atoms with van der Waals surface area (Å²) in [4.78, 5) is 43.5. The summed E-state index contributed by atoms with van der Waals surface area (Å²) in [6.07, 6.45) is -0.464. The highest BCUT2D eigenvalue weighted by Gasteiger charge is 2.34. The third kappa shape index (κ3) is 6.50. The van der Waals surface area contributed by atoms with Crippen LogP contribution in [-0.4, -0.2) is 56.1 Å². The van der Waals surface area contributed by atoms with Crippen LogP contribution in [0.1, 0.15) is 56.5 Å². The van der Waals surface area contributed by atoms with Crippen LogP contribution in [0.5, 0.6) is 0 Å². The molecule has 3 aromatic heterocycles. The number of hydrogen-bond donors (Lipinski definition) is 3. The number of rotatable bonds is 6. The normalized spacial score (nSPS) is 15.4. The second-order valence-electron chi connectivity index (χ2n) is 8.24. The van der Waals surface area contributed by atoms with E-state index in [1.807, 2.05) is 4.90 Å². The molecule has 4 heterocycles. The lowest BCUT2D eigenvalue weighted by Crippen LogP contribution is -2.36. The van der Waals surface area contributed by atoms with Gasteiger partial charge in [-0.3, -0.25) is 9.59 Å². The molecule has 1 aliphatic rings. The van der Waals surface area contributed by atoms with Gasteiger partial charge in [-0.15, -0.1) is 11.3 Å². The minimum absolute atomic E-state index is 0.109. The van der Waals surface area contributed by atoms with Gasteiger partial charge in [0.25, 0.3) is 11.8 Å². The van der Waals surface area contributed by atoms with Crippen LogP contribution >= 0.6 is 22.9 Å². The molecule has 3 N–H and O–H groups in total. The van der Waals surface area contributed by atoms with E-state index in [0.717, 1.165) is 17.5 Å². The summed E-state index contributed by atoms with van der Waals surface area (Å²) in [6, 6.07) is 1.62. The van der Waals surface area contributed by atoms with Crippen LogP contribution in [0.25, 0.3) is 0 Å². The molecule has 1 saturated heterocycles. The van der Waals surface area contributed by atoms with Gasteiger partial charge < -0.3 is 20.6 Å². The fourth-order valence-corrected chi connectivity index (χ4v) is 4.59. The van der Waals surface area contributed by atoms with Crippen molar-refractivity contribution in [2.24, 2.45) is 0 Å². The van der Waals surface area contributed by atoms with Crippen molar-refractivity contribution in [2.45, 2.75) is 38.1 Å². The van der Waals surface area contributed by atoms with Crippen molar-refractivity contribution >= 4 is 46.4 Å². The van der Waals surface area contributed by atoms with Crippen molar-refractivity contribution in [2.75, 3.05) is 23.3 Å². The molecule has 1 fully saturated rings. The first kappa shape index (κ1) is 26.7. The number of aromatic nitrogens is 4. The largest absolute Gasteiger partial charge is 0.418 e. The molecule has 1 aliphatic heterocycles. The number of aliphatic hydroxyl groups is 1. The summed E-state index contributed by atoms with van der Waals surface area (Å²) < 4.78 is 39.2. The summed E-state index contributed by atoms with van der Waals surface area (Å²) in [5, 5.41) is 14.6. The topological polar surface area (TPSA) is 133 Å². The SMILES string of the molecule is CC(NC(=O)c1cc(N2CCC(O)CC2)ncn1)c1ncc(C(=O)Nc2cc(C(F)(F)F)c(Cl)cn2)s1. The van der Waals surface area contributed by atoms with E-state index in [-0.39, 0.29) is 22.5 Å². The third-order valence-corrected chi connectivity index (χ3v) is 7.02. The number of anilines is 2. The summed E-state index contributed by atoms with van der Waals surface area (Å²) in [7, 11) is 0. The first-order chi connectivity index (χ1) is 17.5. The molecule has 37 heavy (non-hydrogen) atoms. The molecule has 4 rings (SSSR count). The Hall–Kier alpha value is -3.36. The van der Waals surface area contributed by atoms with E-state index in [0.29, 0.717) is 42.8 Å². The molecule has 3 aromatic rings. The van der Waals surface area contributed by atoms with Gasteiger partial charge in [-0.25, -0.2) is 19.9 Å². The zero-order valence-corrected chi connectivity index (χ0v) is 20.9. The van der Waals surface area contributed by atoms with Crippen LogP contribution in [-0.2, 0) is 6.18 Å². The number of nitrogens with zero attached hydrogens (tertiary/aromatic N) is 5. The van der Waals surface area contributed by atoms with Crippen LogP contribution in [0.4, 0.5) is 24.8 Å². The second kappa shape index (κ2) is 10.9. The molecule has 1 unspecified atom stereocenters. The van der Waals surface area contributed by atoms with Crippen molar-refractivity contribution in [1.82, 2.24) is 25.3 Å². The summed E-state index contributed by atoms with van der Waals surface area (Å²) >= 11 is 6.52. The van der Waals surface area contributed by atoms with Crippen LogP contribution < -0.4 is 15.5 Å². The van der Waals surface area contributed by atoms with E-state index < -0.39 is 34.6 Å². The number of carbonyl (C=O) groups is 2. The number of aliphatic hydroxyl groups excluding tert-OH is 1. The molecular formula is C22H21ClF3N7O3S. The molecule has 0 bridgehead atoms. The maximum atomic E-state index is 13.1. The highest BCUT2D eigenvalue weighted by molar-refractivity contribution is 7.13. The molecule has 196 valence electrons. The molecule has 10 nitrogen and oxygen atoms in total. The molecular weight excluding hydrogens is 535 g/mol. The number of thiazole rings is 1. The number of hydrogen-bond acceptors (Lipinski definition) is 9. The van der Waals surface area contributed by atoms with Crippen LogP contribution in [0.15, 0.2) is 30.9 Å². The molecule has 15 heteroatoms. The number of amides is 2. The standard InChI is InChI=1S/C22H21ClF3N7O3S/c1-11(31-19(35)15-7-18(30-10-29-15)33-4-2-12(34)3-5-33)21-28-9-16(37-21)20(36)32-17-6-13(22(24,25)26)14(23)8-27-17/h6-12,34H,2-5H2,1H3,(H,31,35)(H,27,32,36). The Morgan fingerprint density at radius 1 is 1.14 bits per heavy atom. The monoisotopic (exact) mass is 555 g/mol. The number of nitrogens with one attached hydrogen (secondary N) is 2. The lowest BCUT2D eigenvalue weighted by Gasteiger charge is -2.30. The first-order valence-electron chi connectivity index (χ1n) is 11.1. The molecule has 0 aliphatic carbocycles. The minimum Gasteiger partial charge on any atom is -0.393 e. The van der Waals surface area contributed by atoms with E-state index >= 15 is 0 Å². The average Bonchev–Trinajstić information content (AvgIpc) is 3.36. The maximum Gasteiger partial charge on any atom is 0.418 e. The Morgan fingerprint density at radius 2 is 1.86 bits per heavy atom. The molecule has 0 saturated carbocycles. The summed E-state index contributed by atoms with van der Waals surface area (Å²) in [5.74, 6) is -0.921. The van der Waals surface area contributed by atoms with Gasteiger partial charge >= 0.3 is 6.18 Å². The van der Waals surface area contributed by atoms with E-state index in [2.05, 4.69) is 30.6 Å². The Balaban J connectivity index is 1.39. The van der Waals surface area contributed by atoms with E-state index in [4.69, 9.17) is 11.6 Å². The van der Waals surface area contributed by atoms with Gasteiger partial charge in [-0.1, -0.05) is 11.6 Å². The fraction of sp³-hybridized carbons (Fsp3) is 0.364. The Labute approximate surface area is 217 Å². The fourth-order valence-electron chi connectivity index (χ4n) is 3.57. The van der Waals surface area contributed by atoms with Crippen LogP contribution in [0, 0.1) is 0 Å². The number of carbonyl (C=O) groups excluding carboxylic acids is 2. The Morgan fingerprint density at radius 3 is 2.57 bits per heavy atom. The first-order valence-corrected chi connectivity index (χ1v) is 12.3. The van der Waals surface area contributed by atoms with Gasteiger partial charge in [-0.05, 0) is 25.8 Å². The summed E-state index contributed by atoms with van der Waals surface area (Å²) in [6.45, 7) is 2.90. The highest BCUT2D eigenvalue weighted by Crippen LogP contribution is 2.35. The van der Waals surface area contributed by atoms with Crippen molar-refractivity contribution in [3.05, 3.63) is 57.0 Å². The zero-order valence-electron chi connectivity index (χ0n) is 19.3. The van der Waals surface area contributed by atoms with Crippen molar-refractivity contribution in [3.63, 3.8) is 0 Å². The van der Waals surface area contributed by atoms with Crippen LogP contribution in [0.3, 0.4) is 0 Å². The molecule has 1 atom stereocenters. The lowest BCUT2D eigenvalue weighted by atomic mass is 10.1. The summed E-state index contributed by atoms with van der Waals surface area (Å²) in [5.41, 5.74) is -0.974. The highest BCUT2D eigenvalue weighted by atomic mass is 35.5. The average molecular weight is 556 g/mol. The number of alkyl halides is 3. The van der Waals surface area contributed by atoms with Crippen LogP contribution in [0.2, 0.25) is 5.02 Å². The maximum absolute atomic E-state index is 13.1. The van der Waals surface area contributed by atoms with E-state index in [9.17, 15) is 27.9 Å². The number of piperidine rings is 1. The predicted molar refractivity (Wildman–Crippen MR) is 130 cm³/mol. The molecule has 0 spiro atoms. The van der Waals surface area contributed by atoms with Gasteiger partial charge in [0.05, 0.1) is 28.9 Å². The van der Waals surface area contributed by atoms with Crippen molar-refractivity contribution in [3.8, 4) is 0 Å². The van der Waals surface area contributed by atoms with E-state index in [1.165, 1.54) is 12.5 Å².